The molecule has 6 heteroatoms. The lowest BCUT2D eigenvalue weighted by molar-refractivity contribution is 0.171. The first-order chi connectivity index (χ1) is 9.15. The van der Waals surface area contributed by atoms with Crippen molar-refractivity contribution in [2.24, 2.45) is 0 Å². The fraction of sp³-hybridized carbons (Fsp3) is 0.231. The number of benzene rings is 1. The Morgan fingerprint density at radius 2 is 1.79 bits per heavy atom. The quantitative estimate of drug-likeness (QED) is 0.658. The van der Waals surface area contributed by atoms with Crippen LogP contribution in [0.25, 0.3) is 0 Å². The number of ether oxygens (including phenoxy) is 2. The van der Waals surface area contributed by atoms with Gasteiger partial charge in [-0.25, -0.2) is 0 Å². The maximum Gasteiger partial charge on any atom is 0.162 e. The Kier molecular flexibility index (Phi) is 3.94. The van der Waals surface area contributed by atoms with Gasteiger partial charge in [0.15, 0.2) is 11.5 Å². The van der Waals surface area contributed by atoms with E-state index < -0.39 is 0 Å². The van der Waals surface area contributed by atoms with E-state index in [0.717, 1.165) is 20.5 Å². The van der Waals surface area contributed by atoms with E-state index in [1.807, 2.05) is 18.2 Å². The summed E-state index contributed by atoms with van der Waals surface area (Å²) < 4.78 is 11.8. The van der Waals surface area contributed by atoms with Gasteiger partial charge in [0.05, 0.1) is 9.16 Å². The Labute approximate surface area is 133 Å². The zero-order valence-corrected chi connectivity index (χ0v) is 13.6. The lowest BCUT2D eigenvalue weighted by Crippen LogP contribution is -2.15. The predicted molar refractivity (Wildman–Crippen MR) is 82.5 cm³/mol. The second kappa shape index (κ2) is 5.52. The van der Waals surface area contributed by atoms with Crippen LogP contribution in [-0.4, -0.2) is 13.2 Å². The van der Waals surface area contributed by atoms with Crippen LogP contribution < -0.4 is 9.47 Å². The van der Waals surface area contributed by atoms with Gasteiger partial charge in [-0.15, -0.1) is 11.3 Å². The van der Waals surface area contributed by atoms with Crippen LogP contribution in [-0.2, 0) is 0 Å². The van der Waals surface area contributed by atoms with Crippen molar-refractivity contribution in [3.63, 3.8) is 0 Å². The molecule has 1 aromatic carbocycles. The summed E-state index contributed by atoms with van der Waals surface area (Å²) in [7, 11) is 0. The topological polar surface area (TPSA) is 18.5 Å². The average molecular weight is 380 g/mol. The summed E-state index contributed by atoms with van der Waals surface area (Å²) in [5.41, 5.74) is 0.949. The van der Waals surface area contributed by atoms with Crippen molar-refractivity contribution in [2.75, 3.05) is 13.2 Å². The molecule has 0 saturated carbocycles. The first-order valence-electron chi connectivity index (χ1n) is 5.63. The fourth-order valence-corrected chi connectivity index (χ4v) is 4.16. The lowest BCUT2D eigenvalue weighted by atomic mass is 10.1. The van der Waals surface area contributed by atoms with Gasteiger partial charge in [-0.05, 0) is 23.8 Å². The molecule has 1 aromatic heterocycles. The van der Waals surface area contributed by atoms with E-state index in [1.165, 1.54) is 11.3 Å². The van der Waals surface area contributed by atoms with Crippen LogP contribution in [0.5, 0.6) is 11.5 Å². The normalized spacial score (nSPS) is 15.3. The Balaban J connectivity index is 2.00. The van der Waals surface area contributed by atoms with Gasteiger partial charge in [-0.1, -0.05) is 39.1 Å². The van der Waals surface area contributed by atoms with Gasteiger partial charge in [-0.2, -0.15) is 0 Å². The van der Waals surface area contributed by atoms with Gasteiger partial charge >= 0.3 is 0 Å². The SMILES string of the molecule is Clc1ccc(C(Br)c2cc3c(cc2Cl)OCCO3)s1. The average Bonchev–Trinajstić information content (AvgIpc) is 2.84. The zero-order valence-electron chi connectivity index (χ0n) is 9.66. The standard InChI is InChI=1S/C13H9BrCl2O2S/c14-13(11-1-2-12(16)19-11)7-5-9-10(6-8(7)15)18-4-3-17-9/h1-2,5-6,13H,3-4H2. The highest BCUT2D eigenvalue weighted by Gasteiger charge is 2.21. The highest BCUT2D eigenvalue weighted by molar-refractivity contribution is 9.09. The molecule has 0 amide bonds. The van der Waals surface area contributed by atoms with Crippen LogP contribution in [0.4, 0.5) is 0 Å². The molecule has 0 saturated heterocycles. The van der Waals surface area contributed by atoms with Crippen LogP contribution in [0.1, 0.15) is 15.3 Å². The molecule has 1 atom stereocenters. The fourth-order valence-electron chi connectivity index (χ4n) is 1.89. The summed E-state index contributed by atoms with van der Waals surface area (Å²) in [4.78, 5) is 1.09. The number of fused-ring (bicyclic) bond motifs is 1. The van der Waals surface area contributed by atoms with Gasteiger partial charge in [0.2, 0.25) is 0 Å². The summed E-state index contributed by atoms with van der Waals surface area (Å²) in [6, 6.07) is 7.58. The van der Waals surface area contributed by atoms with Gasteiger partial charge in [0.1, 0.15) is 13.2 Å². The predicted octanol–water partition coefficient (Wildman–Crippen LogP) is 5.31. The van der Waals surface area contributed by atoms with E-state index >= 15 is 0 Å². The Morgan fingerprint density at radius 3 is 2.42 bits per heavy atom. The van der Waals surface area contributed by atoms with Gasteiger partial charge < -0.3 is 9.47 Å². The van der Waals surface area contributed by atoms with Crippen LogP contribution in [0.15, 0.2) is 24.3 Å². The van der Waals surface area contributed by atoms with Crippen LogP contribution in [0.2, 0.25) is 9.36 Å². The van der Waals surface area contributed by atoms with Crippen molar-refractivity contribution in [1.82, 2.24) is 0 Å². The van der Waals surface area contributed by atoms with E-state index in [-0.39, 0.29) is 4.83 Å². The Hall–Kier alpha value is -0.420. The number of hydrogen-bond acceptors (Lipinski definition) is 3. The van der Waals surface area contributed by atoms with Crippen molar-refractivity contribution in [2.45, 2.75) is 4.83 Å². The molecule has 0 fully saturated rings. The van der Waals surface area contributed by atoms with Crippen molar-refractivity contribution in [3.05, 3.63) is 44.1 Å². The summed E-state index contributed by atoms with van der Waals surface area (Å²) in [5, 5.41) is 0.649. The molecule has 0 bridgehead atoms. The Morgan fingerprint density at radius 1 is 1.11 bits per heavy atom. The molecular weight excluding hydrogens is 371 g/mol. The van der Waals surface area contributed by atoms with E-state index in [1.54, 1.807) is 6.07 Å². The van der Waals surface area contributed by atoms with E-state index in [2.05, 4.69) is 15.9 Å². The molecule has 2 aromatic rings. The van der Waals surface area contributed by atoms with Crippen LogP contribution in [0.3, 0.4) is 0 Å². The summed E-state index contributed by atoms with van der Waals surface area (Å²) in [6.45, 7) is 1.12. The van der Waals surface area contributed by atoms with E-state index in [0.29, 0.717) is 24.0 Å². The minimum atomic E-state index is -0.00618. The number of halogens is 3. The molecular formula is C13H9BrCl2O2S. The van der Waals surface area contributed by atoms with Gasteiger partial charge in [-0.3, -0.25) is 0 Å². The van der Waals surface area contributed by atoms with Crippen molar-refractivity contribution >= 4 is 50.5 Å². The molecule has 2 nitrogen and oxygen atoms in total. The second-order valence-corrected chi connectivity index (χ2v) is 7.09. The van der Waals surface area contributed by atoms with Crippen molar-refractivity contribution in [3.8, 4) is 11.5 Å². The first kappa shape index (κ1) is 13.6. The molecule has 19 heavy (non-hydrogen) atoms. The molecule has 100 valence electrons. The minimum absolute atomic E-state index is 0.00618. The third-order valence-corrected chi connectivity index (χ3v) is 5.69. The summed E-state index contributed by atoms with van der Waals surface area (Å²) >= 11 is 17.5. The van der Waals surface area contributed by atoms with E-state index in [9.17, 15) is 0 Å². The smallest absolute Gasteiger partial charge is 0.162 e. The third-order valence-electron chi connectivity index (χ3n) is 2.78. The van der Waals surface area contributed by atoms with Gasteiger partial charge in [0, 0.05) is 16.0 Å². The number of alkyl halides is 1. The molecule has 2 heterocycles. The molecule has 3 rings (SSSR count). The third kappa shape index (κ3) is 2.72. The highest BCUT2D eigenvalue weighted by atomic mass is 79.9. The monoisotopic (exact) mass is 378 g/mol. The number of rotatable bonds is 2. The molecule has 1 aliphatic rings. The van der Waals surface area contributed by atoms with Crippen molar-refractivity contribution < 1.29 is 9.47 Å². The van der Waals surface area contributed by atoms with Gasteiger partial charge in [0.25, 0.3) is 0 Å². The molecule has 1 unspecified atom stereocenters. The minimum Gasteiger partial charge on any atom is -0.486 e. The Bertz CT molecular complexity index is 615. The molecule has 0 N–H and O–H groups in total. The van der Waals surface area contributed by atoms with Crippen LogP contribution >= 0.6 is 50.5 Å². The van der Waals surface area contributed by atoms with Crippen LogP contribution in [0, 0.1) is 0 Å². The number of hydrogen-bond donors (Lipinski definition) is 0. The van der Waals surface area contributed by atoms with E-state index in [4.69, 9.17) is 32.7 Å². The zero-order chi connectivity index (χ0) is 13.4. The second-order valence-electron chi connectivity index (χ2n) is 4.02. The molecule has 1 aliphatic heterocycles. The molecule has 0 aliphatic carbocycles. The van der Waals surface area contributed by atoms with Crippen molar-refractivity contribution in [1.29, 1.82) is 0 Å². The largest absolute Gasteiger partial charge is 0.486 e. The summed E-state index contributed by atoms with van der Waals surface area (Å²) in [5.74, 6) is 1.43. The molecule has 0 radical (unpaired) electrons. The first-order valence-corrected chi connectivity index (χ1v) is 8.12. The maximum absolute atomic E-state index is 6.32. The summed E-state index contributed by atoms with van der Waals surface area (Å²) in [6.07, 6.45) is 0. The highest BCUT2D eigenvalue weighted by Crippen LogP contribution is 2.44. The maximum atomic E-state index is 6.32. The number of thiophene rings is 1. The molecule has 0 spiro atoms. The lowest BCUT2D eigenvalue weighted by Gasteiger charge is -2.21.